The Kier molecular flexibility index (Phi) is 3.07. The minimum Gasteiger partial charge on any atom is -0.510 e. The van der Waals surface area contributed by atoms with Gasteiger partial charge in [0.1, 0.15) is 24.0 Å². The molecule has 0 radical (unpaired) electrons. The highest BCUT2D eigenvalue weighted by Gasteiger charge is 2.48. The molecule has 0 amide bonds. The van der Waals surface area contributed by atoms with Crippen molar-refractivity contribution in [1.29, 1.82) is 5.26 Å². The standard InChI is InChI=1S/C15H14ClN3O2/c1-9-11(4-3-10(7-17)13(9)16)18-14-19-6-5-12(20)15(19,2)8-21-14/h3-5,20H,6,8H2,1-2H3/b18-14-. The van der Waals surface area contributed by atoms with E-state index in [1.807, 2.05) is 24.8 Å². The SMILES string of the molecule is Cc1c(/N=C2\OCC3(C)C(O)=CCN23)ccc(C#N)c1Cl. The topological polar surface area (TPSA) is 68.8 Å². The van der Waals surface area contributed by atoms with Crippen molar-refractivity contribution in [3.05, 3.63) is 40.1 Å². The van der Waals surface area contributed by atoms with Crippen LogP contribution in [0.4, 0.5) is 5.69 Å². The van der Waals surface area contributed by atoms with Gasteiger partial charge in [-0.05, 0) is 37.6 Å². The van der Waals surface area contributed by atoms with Crippen LogP contribution >= 0.6 is 11.6 Å². The Labute approximate surface area is 127 Å². The molecule has 2 aliphatic rings. The highest BCUT2D eigenvalue weighted by atomic mass is 35.5. The summed E-state index contributed by atoms with van der Waals surface area (Å²) >= 11 is 6.15. The van der Waals surface area contributed by atoms with Gasteiger partial charge in [-0.3, -0.25) is 0 Å². The number of aliphatic hydroxyl groups is 1. The summed E-state index contributed by atoms with van der Waals surface area (Å²) < 4.78 is 5.62. The minimum absolute atomic E-state index is 0.308. The average Bonchev–Trinajstić information content (AvgIpc) is 2.94. The van der Waals surface area contributed by atoms with Gasteiger partial charge in [0.2, 0.25) is 0 Å². The summed E-state index contributed by atoms with van der Waals surface area (Å²) in [6.45, 7) is 4.64. The summed E-state index contributed by atoms with van der Waals surface area (Å²) in [5.41, 5.74) is 1.28. The van der Waals surface area contributed by atoms with E-state index >= 15 is 0 Å². The molecule has 2 aliphatic heterocycles. The molecule has 2 heterocycles. The van der Waals surface area contributed by atoms with Gasteiger partial charge in [-0.2, -0.15) is 10.3 Å². The summed E-state index contributed by atoms with van der Waals surface area (Å²) in [7, 11) is 0. The molecule has 0 spiro atoms. The summed E-state index contributed by atoms with van der Waals surface area (Å²) in [5.74, 6) is 0.308. The number of aliphatic imine (C=N–C) groups is 1. The molecule has 3 rings (SSSR count). The smallest absolute Gasteiger partial charge is 0.293 e. The lowest BCUT2D eigenvalue weighted by Gasteiger charge is -2.25. The number of rotatable bonds is 1. The van der Waals surface area contributed by atoms with Gasteiger partial charge in [-0.25, -0.2) is 0 Å². The number of aliphatic hydroxyl groups excluding tert-OH is 1. The van der Waals surface area contributed by atoms with E-state index in [1.165, 1.54) is 0 Å². The number of nitriles is 1. The number of halogens is 1. The Morgan fingerprint density at radius 2 is 2.29 bits per heavy atom. The van der Waals surface area contributed by atoms with E-state index in [0.717, 1.165) is 5.56 Å². The van der Waals surface area contributed by atoms with Crippen LogP contribution in [-0.2, 0) is 4.74 Å². The van der Waals surface area contributed by atoms with E-state index in [2.05, 4.69) is 4.99 Å². The first kappa shape index (κ1) is 13.8. The van der Waals surface area contributed by atoms with Crippen molar-refractivity contribution in [1.82, 2.24) is 4.90 Å². The molecule has 1 saturated heterocycles. The van der Waals surface area contributed by atoms with Gasteiger partial charge >= 0.3 is 0 Å². The fourth-order valence-electron chi connectivity index (χ4n) is 2.54. The van der Waals surface area contributed by atoms with Crippen molar-refractivity contribution in [2.75, 3.05) is 13.2 Å². The Balaban J connectivity index is 1.98. The third-order valence-electron chi connectivity index (χ3n) is 4.02. The summed E-state index contributed by atoms with van der Waals surface area (Å²) in [6, 6.07) is 5.89. The number of ether oxygens (including phenoxy) is 1. The molecule has 0 bridgehead atoms. The van der Waals surface area contributed by atoms with Crippen LogP contribution in [0.5, 0.6) is 0 Å². The van der Waals surface area contributed by atoms with Crippen molar-refractivity contribution in [2.45, 2.75) is 19.4 Å². The molecule has 108 valence electrons. The monoisotopic (exact) mass is 303 g/mol. The molecule has 6 heteroatoms. The van der Waals surface area contributed by atoms with Crippen LogP contribution < -0.4 is 0 Å². The third-order valence-corrected chi connectivity index (χ3v) is 4.51. The molecule has 1 fully saturated rings. The highest BCUT2D eigenvalue weighted by Crippen LogP contribution is 2.36. The van der Waals surface area contributed by atoms with Crippen LogP contribution in [0, 0.1) is 18.3 Å². The lowest BCUT2D eigenvalue weighted by Crippen LogP contribution is -2.42. The summed E-state index contributed by atoms with van der Waals surface area (Å²) in [6.07, 6.45) is 1.76. The van der Waals surface area contributed by atoms with E-state index in [0.29, 0.717) is 41.2 Å². The maximum Gasteiger partial charge on any atom is 0.293 e. The molecule has 1 aromatic carbocycles. The second kappa shape index (κ2) is 4.68. The van der Waals surface area contributed by atoms with Crippen molar-refractivity contribution in [3.8, 4) is 6.07 Å². The van der Waals surface area contributed by atoms with Gasteiger partial charge in [-0.15, -0.1) is 0 Å². The van der Waals surface area contributed by atoms with Gasteiger partial charge < -0.3 is 14.7 Å². The number of nitrogens with zero attached hydrogens (tertiary/aromatic N) is 3. The first-order valence-electron chi connectivity index (χ1n) is 6.55. The molecule has 1 aromatic rings. The van der Waals surface area contributed by atoms with Crippen molar-refractivity contribution in [3.63, 3.8) is 0 Å². The van der Waals surface area contributed by atoms with Crippen LogP contribution in [0.15, 0.2) is 29.0 Å². The van der Waals surface area contributed by atoms with Gasteiger partial charge in [-0.1, -0.05) is 11.6 Å². The Hall–Kier alpha value is -2.19. The molecule has 1 atom stereocenters. The fraction of sp³-hybridized carbons (Fsp3) is 0.333. The molecule has 0 saturated carbocycles. The zero-order valence-corrected chi connectivity index (χ0v) is 12.5. The molecular weight excluding hydrogens is 290 g/mol. The first-order chi connectivity index (χ1) is 9.97. The van der Waals surface area contributed by atoms with Gasteiger partial charge in [0.15, 0.2) is 0 Å². The lowest BCUT2D eigenvalue weighted by molar-refractivity contribution is 0.202. The molecular formula is C15H14ClN3O2. The summed E-state index contributed by atoms with van der Waals surface area (Å²) in [4.78, 5) is 6.41. The van der Waals surface area contributed by atoms with Gasteiger partial charge in [0.25, 0.3) is 6.02 Å². The normalized spacial score (nSPS) is 25.5. The van der Waals surface area contributed by atoms with Gasteiger partial charge in [0, 0.05) is 6.54 Å². The third kappa shape index (κ3) is 1.95. The maximum absolute atomic E-state index is 9.94. The van der Waals surface area contributed by atoms with E-state index in [-0.39, 0.29) is 0 Å². The van der Waals surface area contributed by atoms with Crippen LogP contribution in [0.3, 0.4) is 0 Å². The number of hydrogen-bond donors (Lipinski definition) is 1. The second-order valence-corrected chi connectivity index (χ2v) is 5.72. The minimum atomic E-state index is -0.539. The summed E-state index contributed by atoms with van der Waals surface area (Å²) in [5, 5.41) is 19.3. The molecule has 0 aliphatic carbocycles. The van der Waals surface area contributed by atoms with Crippen molar-refractivity contribution in [2.24, 2.45) is 4.99 Å². The van der Waals surface area contributed by atoms with E-state index in [4.69, 9.17) is 21.6 Å². The van der Waals surface area contributed by atoms with Gasteiger partial charge in [0.05, 0.1) is 16.3 Å². The zero-order chi connectivity index (χ0) is 15.2. The molecule has 1 unspecified atom stereocenters. The highest BCUT2D eigenvalue weighted by molar-refractivity contribution is 6.32. The Morgan fingerprint density at radius 3 is 3.00 bits per heavy atom. The predicted molar refractivity (Wildman–Crippen MR) is 79.8 cm³/mol. The van der Waals surface area contributed by atoms with Crippen molar-refractivity contribution >= 4 is 23.3 Å². The number of hydrogen-bond acceptors (Lipinski definition) is 4. The average molecular weight is 304 g/mol. The van der Waals surface area contributed by atoms with Crippen molar-refractivity contribution < 1.29 is 9.84 Å². The van der Waals surface area contributed by atoms with E-state index in [1.54, 1.807) is 18.2 Å². The lowest BCUT2D eigenvalue weighted by atomic mass is 10.0. The number of benzene rings is 1. The zero-order valence-electron chi connectivity index (χ0n) is 11.7. The Morgan fingerprint density at radius 1 is 1.52 bits per heavy atom. The van der Waals surface area contributed by atoms with Crippen LogP contribution in [-0.4, -0.2) is 34.7 Å². The predicted octanol–water partition coefficient (Wildman–Crippen LogP) is 3.05. The van der Waals surface area contributed by atoms with E-state index in [9.17, 15) is 5.11 Å². The van der Waals surface area contributed by atoms with Crippen LogP contribution in [0.2, 0.25) is 5.02 Å². The fourth-order valence-corrected chi connectivity index (χ4v) is 2.74. The van der Waals surface area contributed by atoms with Crippen LogP contribution in [0.1, 0.15) is 18.1 Å². The number of amidine groups is 1. The molecule has 5 nitrogen and oxygen atoms in total. The first-order valence-corrected chi connectivity index (χ1v) is 6.93. The largest absolute Gasteiger partial charge is 0.510 e. The van der Waals surface area contributed by atoms with Crippen LogP contribution in [0.25, 0.3) is 0 Å². The number of fused-ring (bicyclic) bond motifs is 1. The van der Waals surface area contributed by atoms with E-state index < -0.39 is 5.54 Å². The maximum atomic E-state index is 9.94. The molecule has 21 heavy (non-hydrogen) atoms. The molecule has 1 N–H and O–H groups in total. The second-order valence-electron chi connectivity index (χ2n) is 5.34. The Bertz CT molecular complexity index is 720. The quantitative estimate of drug-likeness (QED) is 0.865. The molecule has 0 aromatic heterocycles.